The first kappa shape index (κ1) is 12.9. The zero-order valence-corrected chi connectivity index (χ0v) is 11.7. The lowest BCUT2D eigenvalue weighted by Crippen LogP contribution is -2.29. The molecule has 94 valence electrons. The zero-order chi connectivity index (χ0) is 12.6. The molecule has 2 N–H and O–H groups in total. The van der Waals surface area contributed by atoms with Gasteiger partial charge in [-0.25, -0.2) is 0 Å². The lowest BCUT2D eigenvalue weighted by Gasteiger charge is -2.22. The maximum absolute atomic E-state index is 9.94. The average molecular weight is 300 g/mol. The summed E-state index contributed by atoms with van der Waals surface area (Å²) in [6.45, 7) is 5.15. The van der Waals surface area contributed by atoms with Crippen molar-refractivity contribution in [3.63, 3.8) is 0 Å². The Bertz CT molecular complexity index is 418. The molecule has 17 heavy (non-hydrogen) atoms. The average Bonchev–Trinajstić information content (AvgIpc) is 2.58. The van der Waals surface area contributed by atoms with Crippen molar-refractivity contribution in [2.24, 2.45) is 0 Å². The summed E-state index contributed by atoms with van der Waals surface area (Å²) in [5.41, 5.74) is 1.38. The van der Waals surface area contributed by atoms with E-state index >= 15 is 0 Å². The number of β-amino-alcohol motifs (C(OH)–C–C–N with tert-alkyl or cyclic N) is 1. The molecular formula is C13H18BrNO2. The van der Waals surface area contributed by atoms with Gasteiger partial charge in [0.25, 0.3) is 0 Å². The van der Waals surface area contributed by atoms with Crippen molar-refractivity contribution < 1.29 is 10.2 Å². The molecular weight excluding hydrogens is 282 g/mol. The van der Waals surface area contributed by atoms with Gasteiger partial charge in [-0.05, 0) is 38.0 Å². The van der Waals surface area contributed by atoms with Gasteiger partial charge in [0.2, 0.25) is 0 Å². The number of nitrogens with zero attached hydrogens (tertiary/aromatic N) is 1. The van der Waals surface area contributed by atoms with Gasteiger partial charge in [0.15, 0.2) is 0 Å². The summed E-state index contributed by atoms with van der Waals surface area (Å²) >= 11 is 3.47. The van der Waals surface area contributed by atoms with Crippen molar-refractivity contribution in [1.29, 1.82) is 0 Å². The summed E-state index contributed by atoms with van der Waals surface area (Å²) in [7, 11) is 0. The highest BCUT2D eigenvalue weighted by atomic mass is 79.9. The predicted octanol–water partition coefficient (Wildman–Crippen LogP) is 2.46. The van der Waals surface area contributed by atoms with E-state index in [-0.39, 0.29) is 0 Å². The van der Waals surface area contributed by atoms with E-state index in [1.807, 2.05) is 25.1 Å². The molecule has 0 amide bonds. The summed E-state index contributed by atoms with van der Waals surface area (Å²) in [6.07, 6.45) is 0.322. The summed E-state index contributed by atoms with van der Waals surface area (Å²) < 4.78 is 0.913. The number of hydrogen-bond acceptors (Lipinski definition) is 3. The Morgan fingerprint density at radius 1 is 1.47 bits per heavy atom. The zero-order valence-electron chi connectivity index (χ0n) is 10.2. The quantitative estimate of drug-likeness (QED) is 0.882. The minimum atomic E-state index is -0.588. The van der Waals surface area contributed by atoms with Crippen LogP contribution in [0.25, 0.3) is 0 Å². The van der Waals surface area contributed by atoms with Crippen molar-refractivity contribution in [1.82, 2.24) is 0 Å². The molecule has 1 aliphatic rings. The van der Waals surface area contributed by atoms with E-state index in [1.54, 1.807) is 6.92 Å². The molecule has 2 rings (SSSR count). The van der Waals surface area contributed by atoms with Crippen molar-refractivity contribution in [3.8, 4) is 0 Å². The van der Waals surface area contributed by atoms with E-state index in [1.165, 1.54) is 0 Å². The highest BCUT2D eigenvalue weighted by molar-refractivity contribution is 9.10. The van der Waals surface area contributed by atoms with E-state index in [0.717, 1.165) is 28.7 Å². The van der Waals surface area contributed by atoms with E-state index < -0.39 is 11.7 Å². The molecule has 1 fully saturated rings. The molecule has 1 aliphatic heterocycles. The molecule has 0 saturated carbocycles. The van der Waals surface area contributed by atoms with Crippen LogP contribution in [0.1, 0.15) is 31.9 Å². The predicted molar refractivity (Wildman–Crippen MR) is 72.2 cm³/mol. The largest absolute Gasteiger partial charge is 0.389 e. The van der Waals surface area contributed by atoms with Gasteiger partial charge in [-0.1, -0.05) is 22.0 Å². The maximum atomic E-state index is 9.94. The Morgan fingerprint density at radius 3 is 2.65 bits per heavy atom. The maximum Gasteiger partial charge on any atom is 0.0810 e. The minimum Gasteiger partial charge on any atom is -0.389 e. The van der Waals surface area contributed by atoms with Crippen LogP contribution in [0.4, 0.5) is 5.69 Å². The summed E-state index contributed by atoms with van der Waals surface area (Å²) in [4.78, 5) is 2.16. The Hall–Kier alpha value is -0.580. The number of anilines is 1. The molecule has 1 saturated heterocycles. The Labute approximate surface area is 110 Å². The molecule has 0 spiro atoms. The van der Waals surface area contributed by atoms with E-state index in [0.29, 0.717) is 6.54 Å². The van der Waals surface area contributed by atoms with Crippen LogP contribution in [0.2, 0.25) is 0 Å². The van der Waals surface area contributed by atoms with Crippen molar-refractivity contribution >= 4 is 21.6 Å². The lowest BCUT2D eigenvalue weighted by atomic mass is 10.1. The Balaban J connectivity index is 2.21. The summed E-state index contributed by atoms with van der Waals surface area (Å²) in [6, 6.07) is 5.93. The molecule has 3 nitrogen and oxygen atoms in total. The van der Waals surface area contributed by atoms with Crippen LogP contribution < -0.4 is 4.90 Å². The fourth-order valence-electron chi connectivity index (χ4n) is 2.22. The minimum absolute atomic E-state index is 0.472. The normalized spacial score (nSPS) is 26.3. The van der Waals surface area contributed by atoms with Crippen LogP contribution in [-0.2, 0) is 0 Å². The smallest absolute Gasteiger partial charge is 0.0810 e. The van der Waals surface area contributed by atoms with Crippen molar-refractivity contribution in [2.45, 2.75) is 32.0 Å². The van der Waals surface area contributed by atoms with E-state index in [2.05, 4.69) is 20.8 Å². The molecule has 2 atom stereocenters. The molecule has 0 bridgehead atoms. The molecule has 0 aliphatic carbocycles. The van der Waals surface area contributed by atoms with Crippen LogP contribution in [0.15, 0.2) is 22.7 Å². The first-order valence-electron chi connectivity index (χ1n) is 5.84. The highest BCUT2D eigenvalue weighted by Gasteiger charge is 2.31. The molecule has 1 heterocycles. The number of benzene rings is 1. The Kier molecular flexibility index (Phi) is 3.48. The van der Waals surface area contributed by atoms with Gasteiger partial charge in [-0.15, -0.1) is 0 Å². The van der Waals surface area contributed by atoms with Gasteiger partial charge in [-0.2, -0.15) is 0 Å². The van der Waals surface area contributed by atoms with Crippen molar-refractivity contribution in [2.75, 3.05) is 18.0 Å². The number of hydrogen-bond donors (Lipinski definition) is 2. The second kappa shape index (κ2) is 4.59. The van der Waals surface area contributed by atoms with Gasteiger partial charge < -0.3 is 15.1 Å². The number of aliphatic hydroxyl groups is 2. The summed E-state index contributed by atoms with van der Waals surface area (Å²) in [5.74, 6) is 0. The van der Waals surface area contributed by atoms with Gasteiger partial charge in [0.1, 0.15) is 0 Å². The molecule has 1 aromatic carbocycles. The highest BCUT2D eigenvalue weighted by Crippen LogP contribution is 2.31. The number of halogens is 1. The van der Waals surface area contributed by atoms with Crippen LogP contribution in [0.5, 0.6) is 0 Å². The summed E-state index contributed by atoms with van der Waals surface area (Å²) in [5, 5.41) is 19.5. The van der Waals surface area contributed by atoms with E-state index in [9.17, 15) is 10.2 Å². The first-order valence-corrected chi connectivity index (χ1v) is 6.63. The lowest BCUT2D eigenvalue weighted by molar-refractivity contribution is 0.0839. The number of aliphatic hydroxyl groups excluding tert-OH is 1. The molecule has 0 radical (unpaired) electrons. The van der Waals surface area contributed by atoms with Gasteiger partial charge in [0, 0.05) is 23.2 Å². The third-order valence-corrected chi connectivity index (χ3v) is 3.94. The van der Waals surface area contributed by atoms with Crippen LogP contribution in [-0.4, -0.2) is 28.9 Å². The third-order valence-electron chi connectivity index (χ3n) is 3.25. The van der Waals surface area contributed by atoms with Crippen LogP contribution >= 0.6 is 15.9 Å². The monoisotopic (exact) mass is 299 g/mol. The Morgan fingerprint density at radius 2 is 2.18 bits per heavy atom. The fourth-order valence-corrected chi connectivity index (χ4v) is 2.92. The van der Waals surface area contributed by atoms with Crippen LogP contribution in [0, 0.1) is 0 Å². The third kappa shape index (κ3) is 2.81. The SMILES string of the molecule is CC(O)c1ccc(N2CCC(C)(O)C2)cc1Br. The van der Waals surface area contributed by atoms with Crippen molar-refractivity contribution in [3.05, 3.63) is 28.2 Å². The second-order valence-corrected chi connectivity index (χ2v) is 5.90. The molecule has 0 aromatic heterocycles. The topological polar surface area (TPSA) is 43.7 Å². The molecule has 4 heteroatoms. The van der Waals surface area contributed by atoms with E-state index in [4.69, 9.17) is 0 Å². The van der Waals surface area contributed by atoms with Crippen LogP contribution in [0.3, 0.4) is 0 Å². The fraction of sp³-hybridized carbons (Fsp3) is 0.538. The first-order chi connectivity index (χ1) is 7.89. The van der Waals surface area contributed by atoms with Gasteiger partial charge >= 0.3 is 0 Å². The second-order valence-electron chi connectivity index (χ2n) is 5.05. The van der Waals surface area contributed by atoms with Gasteiger partial charge in [-0.3, -0.25) is 0 Å². The molecule has 2 unspecified atom stereocenters. The van der Waals surface area contributed by atoms with Gasteiger partial charge in [0.05, 0.1) is 11.7 Å². The standard InChI is InChI=1S/C13H18BrNO2/c1-9(16)11-4-3-10(7-12(11)14)15-6-5-13(2,17)8-15/h3-4,7,9,16-17H,5-6,8H2,1-2H3. The number of rotatable bonds is 2. The molecule has 1 aromatic rings.